The second-order valence-corrected chi connectivity index (χ2v) is 4.67. The number of oxazole rings is 1. The van der Waals surface area contributed by atoms with Gasteiger partial charge in [0.25, 0.3) is 0 Å². The van der Waals surface area contributed by atoms with Gasteiger partial charge in [-0.3, -0.25) is 0 Å². The Bertz CT molecular complexity index is 871. The number of nitrogens with one attached hydrogen (secondary N) is 1. The maximum absolute atomic E-state index is 9.07. The molecule has 23 heavy (non-hydrogen) atoms. The van der Waals surface area contributed by atoms with Gasteiger partial charge in [-0.2, -0.15) is 15.8 Å². The van der Waals surface area contributed by atoms with E-state index in [1.807, 2.05) is 26.0 Å². The van der Waals surface area contributed by atoms with Crippen molar-refractivity contribution >= 4 is 5.69 Å². The lowest BCUT2D eigenvalue weighted by atomic mass is 10.2. The molecule has 2 rings (SSSR count). The third-order valence-corrected chi connectivity index (χ3v) is 3.19. The lowest BCUT2D eigenvalue weighted by Crippen LogP contribution is -2.00. The summed E-state index contributed by atoms with van der Waals surface area (Å²) in [4.78, 5) is 4.43. The molecule has 0 saturated heterocycles. The molecule has 0 aliphatic carbocycles. The summed E-state index contributed by atoms with van der Waals surface area (Å²) in [5, 5.41) is 29.6. The molecule has 0 aliphatic heterocycles. The van der Waals surface area contributed by atoms with Crippen LogP contribution in [0.2, 0.25) is 0 Å². The van der Waals surface area contributed by atoms with Crippen LogP contribution in [0.1, 0.15) is 18.4 Å². The van der Waals surface area contributed by atoms with E-state index >= 15 is 0 Å². The number of hydrogen-bond donors (Lipinski definition) is 1. The van der Waals surface area contributed by atoms with Gasteiger partial charge >= 0.3 is 0 Å². The van der Waals surface area contributed by atoms with E-state index < -0.39 is 0 Å². The highest BCUT2D eigenvalue weighted by Gasteiger charge is 2.11. The molecule has 0 spiro atoms. The van der Waals surface area contributed by atoms with E-state index in [1.54, 1.807) is 30.3 Å². The Morgan fingerprint density at radius 2 is 1.96 bits per heavy atom. The predicted octanol–water partition coefficient (Wildman–Crippen LogP) is 3.45. The summed E-state index contributed by atoms with van der Waals surface area (Å²) in [7, 11) is 0. The fourth-order valence-electron chi connectivity index (χ4n) is 2.04. The summed E-state index contributed by atoms with van der Waals surface area (Å²) in [5.41, 5.74) is 1.84. The summed E-state index contributed by atoms with van der Waals surface area (Å²) in [6.45, 7) is 3.86. The molecule has 1 aromatic heterocycles. The zero-order valence-corrected chi connectivity index (χ0v) is 12.7. The van der Waals surface area contributed by atoms with E-state index in [9.17, 15) is 0 Å². The molecular weight excluding hydrogens is 290 g/mol. The second kappa shape index (κ2) is 6.93. The maximum atomic E-state index is 9.07. The zero-order valence-electron chi connectivity index (χ0n) is 12.7. The first-order valence-electron chi connectivity index (χ1n) is 6.91. The van der Waals surface area contributed by atoms with Gasteiger partial charge in [0.15, 0.2) is 5.57 Å². The monoisotopic (exact) mass is 303 g/mol. The maximum Gasteiger partial charge on any atom is 0.226 e. The molecule has 0 unspecified atom stereocenters. The number of hydrogen-bond acceptors (Lipinski definition) is 6. The van der Waals surface area contributed by atoms with E-state index in [0.717, 1.165) is 23.4 Å². The lowest BCUT2D eigenvalue weighted by Gasteiger charge is -2.05. The Kier molecular flexibility index (Phi) is 4.77. The molecule has 0 atom stereocenters. The molecule has 0 radical (unpaired) electrons. The third kappa shape index (κ3) is 3.37. The van der Waals surface area contributed by atoms with Crippen molar-refractivity contribution in [2.24, 2.45) is 0 Å². The first kappa shape index (κ1) is 15.8. The van der Waals surface area contributed by atoms with Crippen LogP contribution in [0.15, 0.2) is 40.0 Å². The largest absolute Gasteiger partial charge is 0.441 e. The summed E-state index contributed by atoms with van der Waals surface area (Å²) in [5.74, 6) is 1.26. The molecular formula is C17H13N5O. The fourth-order valence-corrected chi connectivity index (χ4v) is 2.04. The number of aryl methyl sites for hydroxylation is 2. The van der Waals surface area contributed by atoms with Crippen LogP contribution in [0.25, 0.3) is 11.5 Å². The summed E-state index contributed by atoms with van der Waals surface area (Å²) in [6.07, 6.45) is 0.780. The molecule has 0 saturated carbocycles. The third-order valence-electron chi connectivity index (χ3n) is 3.19. The highest BCUT2D eigenvalue weighted by molar-refractivity contribution is 5.65. The smallest absolute Gasteiger partial charge is 0.226 e. The normalized spacial score (nSPS) is 9.35. The molecule has 1 aromatic carbocycles. The van der Waals surface area contributed by atoms with Crippen LogP contribution in [0, 0.1) is 40.9 Å². The molecule has 112 valence electrons. The summed E-state index contributed by atoms with van der Waals surface area (Å²) < 4.78 is 5.65. The van der Waals surface area contributed by atoms with Gasteiger partial charge in [-0.25, -0.2) is 4.98 Å². The number of nitriles is 3. The van der Waals surface area contributed by atoms with Crippen molar-refractivity contribution < 1.29 is 4.42 Å². The van der Waals surface area contributed by atoms with Gasteiger partial charge in [0, 0.05) is 11.3 Å². The Labute approximate surface area is 133 Å². The molecule has 1 N–H and O–H groups in total. The first-order chi connectivity index (χ1) is 11.1. The highest BCUT2D eigenvalue weighted by Crippen LogP contribution is 2.25. The van der Waals surface area contributed by atoms with Crippen molar-refractivity contribution in [3.8, 4) is 29.7 Å². The summed E-state index contributed by atoms with van der Waals surface area (Å²) in [6, 6.07) is 12.3. The number of aromatic nitrogens is 1. The van der Waals surface area contributed by atoms with E-state index in [2.05, 4.69) is 10.3 Å². The minimum absolute atomic E-state index is 0.0926. The van der Waals surface area contributed by atoms with Gasteiger partial charge in [-0.15, -0.1) is 0 Å². The summed E-state index contributed by atoms with van der Waals surface area (Å²) >= 11 is 0. The Balaban J connectivity index is 2.38. The lowest BCUT2D eigenvalue weighted by molar-refractivity contribution is 0.540. The number of benzene rings is 1. The van der Waals surface area contributed by atoms with Gasteiger partial charge in [-0.1, -0.05) is 13.0 Å². The molecule has 2 aromatic rings. The van der Waals surface area contributed by atoms with Crippen molar-refractivity contribution in [3.63, 3.8) is 0 Å². The topological polar surface area (TPSA) is 109 Å². The van der Waals surface area contributed by atoms with Crippen molar-refractivity contribution in [2.75, 3.05) is 5.32 Å². The SMILES string of the molecule is CCc1nc(-c2cccc(NC(C#N)=C(C#N)C#N)c2)oc1C. The van der Waals surface area contributed by atoms with Gasteiger partial charge < -0.3 is 9.73 Å². The van der Waals surface area contributed by atoms with E-state index in [-0.39, 0.29) is 11.3 Å². The van der Waals surface area contributed by atoms with Crippen LogP contribution in [0.3, 0.4) is 0 Å². The minimum atomic E-state index is -0.266. The van der Waals surface area contributed by atoms with E-state index in [0.29, 0.717) is 11.6 Å². The molecule has 0 bridgehead atoms. The molecule has 0 aliphatic rings. The van der Waals surface area contributed by atoms with E-state index in [1.165, 1.54) is 0 Å². The van der Waals surface area contributed by atoms with Crippen molar-refractivity contribution in [3.05, 3.63) is 47.0 Å². The van der Waals surface area contributed by atoms with Crippen molar-refractivity contribution in [1.29, 1.82) is 15.8 Å². The highest BCUT2D eigenvalue weighted by atomic mass is 16.4. The fraction of sp³-hybridized carbons (Fsp3) is 0.176. The van der Waals surface area contributed by atoms with Crippen LogP contribution >= 0.6 is 0 Å². The van der Waals surface area contributed by atoms with Crippen LogP contribution in [0.5, 0.6) is 0 Å². The van der Waals surface area contributed by atoms with Crippen molar-refractivity contribution in [2.45, 2.75) is 20.3 Å². The van der Waals surface area contributed by atoms with Gasteiger partial charge in [-0.05, 0) is 31.5 Å². The van der Waals surface area contributed by atoms with E-state index in [4.69, 9.17) is 20.2 Å². The molecule has 6 heteroatoms. The Morgan fingerprint density at radius 3 is 2.52 bits per heavy atom. The average molecular weight is 303 g/mol. The Hall–Kier alpha value is -3.56. The van der Waals surface area contributed by atoms with Crippen LogP contribution in [-0.2, 0) is 6.42 Å². The predicted molar refractivity (Wildman–Crippen MR) is 83.5 cm³/mol. The minimum Gasteiger partial charge on any atom is -0.441 e. The molecule has 0 fully saturated rings. The number of anilines is 1. The number of rotatable bonds is 4. The Morgan fingerprint density at radius 1 is 1.22 bits per heavy atom. The average Bonchev–Trinajstić information content (AvgIpc) is 2.96. The quantitative estimate of drug-likeness (QED) is 0.866. The van der Waals surface area contributed by atoms with Gasteiger partial charge in [0.1, 0.15) is 29.7 Å². The van der Waals surface area contributed by atoms with Gasteiger partial charge in [0.2, 0.25) is 5.89 Å². The molecule has 6 nitrogen and oxygen atoms in total. The zero-order chi connectivity index (χ0) is 16.8. The standard InChI is InChI=1S/C17H13N5O/c1-3-15-11(2)23-17(22-15)12-5-4-6-14(7-12)21-16(10-20)13(8-18)9-19/h4-7,21H,3H2,1-2H3. The van der Waals surface area contributed by atoms with Crippen molar-refractivity contribution in [1.82, 2.24) is 4.98 Å². The number of nitrogens with zero attached hydrogens (tertiary/aromatic N) is 4. The van der Waals surface area contributed by atoms with Crippen LogP contribution in [0.4, 0.5) is 5.69 Å². The number of allylic oxidation sites excluding steroid dienone is 2. The van der Waals surface area contributed by atoms with Crippen LogP contribution < -0.4 is 5.32 Å². The second-order valence-electron chi connectivity index (χ2n) is 4.67. The molecule has 1 heterocycles. The van der Waals surface area contributed by atoms with Crippen LogP contribution in [-0.4, -0.2) is 4.98 Å². The first-order valence-corrected chi connectivity index (χ1v) is 6.91. The van der Waals surface area contributed by atoms with Gasteiger partial charge in [0.05, 0.1) is 5.69 Å². The molecule has 0 amide bonds.